The first kappa shape index (κ1) is 14.7. The molecular formula is C17H26N2O2. The molecule has 0 atom stereocenters. The lowest BCUT2D eigenvalue weighted by molar-refractivity contribution is 0.146. The van der Waals surface area contributed by atoms with Crippen molar-refractivity contribution < 1.29 is 9.47 Å². The molecule has 2 aliphatic rings. The number of nitrogens with zero attached hydrogens (tertiary/aromatic N) is 2. The molecule has 0 radical (unpaired) electrons. The maximum atomic E-state index is 5.73. The molecule has 1 aromatic rings. The third-order valence-corrected chi connectivity index (χ3v) is 4.74. The van der Waals surface area contributed by atoms with E-state index in [1.165, 1.54) is 31.6 Å². The molecule has 1 aromatic carbocycles. The Morgan fingerprint density at radius 3 is 2.76 bits per heavy atom. The van der Waals surface area contributed by atoms with Crippen LogP contribution in [0.1, 0.15) is 19.8 Å². The van der Waals surface area contributed by atoms with Crippen LogP contribution in [0.4, 0.5) is 5.69 Å². The van der Waals surface area contributed by atoms with Gasteiger partial charge in [0.05, 0.1) is 6.61 Å². The summed E-state index contributed by atoms with van der Waals surface area (Å²) in [6, 6.07) is 8.46. The third-order valence-electron chi connectivity index (χ3n) is 4.74. The molecule has 1 saturated carbocycles. The van der Waals surface area contributed by atoms with Gasteiger partial charge in [-0.2, -0.15) is 0 Å². The van der Waals surface area contributed by atoms with E-state index < -0.39 is 0 Å². The normalized spacial score (nSPS) is 20.8. The first-order valence-electron chi connectivity index (χ1n) is 7.99. The van der Waals surface area contributed by atoms with E-state index in [1.54, 1.807) is 7.11 Å². The summed E-state index contributed by atoms with van der Waals surface area (Å²) in [7, 11) is 1.70. The number of benzene rings is 1. The quantitative estimate of drug-likeness (QED) is 0.751. The number of anilines is 1. The van der Waals surface area contributed by atoms with E-state index >= 15 is 0 Å². The first-order valence-corrected chi connectivity index (χ1v) is 7.99. The highest BCUT2D eigenvalue weighted by atomic mass is 16.5. The van der Waals surface area contributed by atoms with Gasteiger partial charge in [0, 0.05) is 44.0 Å². The Balaban J connectivity index is 1.65. The van der Waals surface area contributed by atoms with Gasteiger partial charge in [0.1, 0.15) is 12.4 Å². The van der Waals surface area contributed by atoms with E-state index in [2.05, 4.69) is 34.9 Å². The predicted octanol–water partition coefficient (Wildman–Crippen LogP) is 2.39. The summed E-state index contributed by atoms with van der Waals surface area (Å²) in [5.41, 5.74) is 1.74. The van der Waals surface area contributed by atoms with Crippen molar-refractivity contribution in [3.63, 3.8) is 0 Å². The van der Waals surface area contributed by atoms with Crippen LogP contribution in [0.5, 0.6) is 5.75 Å². The van der Waals surface area contributed by atoms with Gasteiger partial charge in [0.2, 0.25) is 0 Å². The molecule has 4 nitrogen and oxygen atoms in total. The molecule has 0 N–H and O–H groups in total. The molecule has 1 spiro atoms. The van der Waals surface area contributed by atoms with E-state index in [4.69, 9.17) is 9.47 Å². The second-order valence-corrected chi connectivity index (χ2v) is 6.06. The molecular weight excluding hydrogens is 264 g/mol. The average molecular weight is 290 g/mol. The predicted molar refractivity (Wildman–Crippen MR) is 85.2 cm³/mol. The van der Waals surface area contributed by atoms with E-state index in [-0.39, 0.29) is 0 Å². The summed E-state index contributed by atoms with van der Waals surface area (Å²) in [5.74, 6) is 0.937. The average Bonchev–Trinajstić information content (AvgIpc) is 3.28. The second-order valence-electron chi connectivity index (χ2n) is 6.06. The number of hydrogen-bond acceptors (Lipinski definition) is 4. The van der Waals surface area contributed by atoms with Crippen molar-refractivity contribution in [1.82, 2.24) is 4.90 Å². The lowest BCUT2D eigenvalue weighted by Gasteiger charge is -2.42. The van der Waals surface area contributed by atoms with Gasteiger partial charge in [0.25, 0.3) is 0 Å². The largest absolute Gasteiger partial charge is 0.491 e. The van der Waals surface area contributed by atoms with Crippen LogP contribution in [0.15, 0.2) is 24.3 Å². The van der Waals surface area contributed by atoms with Crippen LogP contribution in [-0.2, 0) is 4.74 Å². The van der Waals surface area contributed by atoms with E-state index in [9.17, 15) is 0 Å². The third kappa shape index (κ3) is 3.16. The topological polar surface area (TPSA) is 24.9 Å². The Morgan fingerprint density at radius 1 is 1.19 bits per heavy atom. The van der Waals surface area contributed by atoms with Crippen LogP contribution in [0, 0.1) is 0 Å². The monoisotopic (exact) mass is 290 g/mol. The highest BCUT2D eigenvalue weighted by Gasteiger charge is 2.50. The van der Waals surface area contributed by atoms with Gasteiger partial charge >= 0.3 is 0 Å². The summed E-state index contributed by atoms with van der Waals surface area (Å²) in [4.78, 5) is 5.17. The summed E-state index contributed by atoms with van der Waals surface area (Å²) >= 11 is 0. The standard InChI is InChI=1S/C17H26N2O2/c1-3-19-10-9-18(14-17(19)7-8-17)15-5-4-6-16(13-15)21-12-11-20-2/h4-6,13H,3,7-12,14H2,1-2H3. The fourth-order valence-corrected chi connectivity index (χ4v) is 3.36. The number of hydrogen-bond donors (Lipinski definition) is 0. The molecule has 4 heteroatoms. The Hall–Kier alpha value is -1.26. The molecule has 1 saturated heterocycles. The first-order chi connectivity index (χ1) is 10.3. The molecule has 1 aliphatic carbocycles. The lowest BCUT2D eigenvalue weighted by atomic mass is 10.1. The highest BCUT2D eigenvalue weighted by Crippen LogP contribution is 2.45. The van der Waals surface area contributed by atoms with Crippen LogP contribution in [0.3, 0.4) is 0 Å². The zero-order valence-electron chi connectivity index (χ0n) is 13.2. The SMILES string of the molecule is CCN1CCN(c2cccc(OCCOC)c2)CC12CC2. The van der Waals surface area contributed by atoms with Crippen LogP contribution in [0.25, 0.3) is 0 Å². The van der Waals surface area contributed by atoms with Crippen LogP contribution in [-0.4, -0.2) is 56.9 Å². The fraction of sp³-hybridized carbons (Fsp3) is 0.647. The Bertz CT molecular complexity index is 474. The number of piperazine rings is 1. The van der Waals surface area contributed by atoms with Crippen LogP contribution < -0.4 is 9.64 Å². The van der Waals surface area contributed by atoms with E-state index in [0.29, 0.717) is 18.8 Å². The minimum Gasteiger partial charge on any atom is -0.491 e. The number of methoxy groups -OCH3 is 1. The van der Waals surface area contributed by atoms with Crippen molar-refractivity contribution in [1.29, 1.82) is 0 Å². The maximum absolute atomic E-state index is 5.73. The zero-order valence-corrected chi connectivity index (χ0v) is 13.2. The molecule has 21 heavy (non-hydrogen) atoms. The van der Waals surface area contributed by atoms with Crippen molar-refractivity contribution in [2.24, 2.45) is 0 Å². The lowest BCUT2D eigenvalue weighted by Crippen LogP contribution is -2.54. The highest BCUT2D eigenvalue weighted by molar-refractivity contribution is 5.52. The van der Waals surface area contributed by atoms with Gasteiger partial charge in [-0.05, 0) is 31.5 Å². The van der Waals surface area contributed by atoms with Crippen molar-refractivity contribution in [2.45, 2.75) is 25.3 Å². The van der Waals surface area contributed by atoms with Crippen molar-refractivity contribution >= 4 is 5.69 Å². The minimum absolute atomic E-state index is 0.458. The van der Waals surface area contributed by atoms with Crippen LogP contribution in [0.2, 0.25) is 0 Å². The van der Waals surface area contributed by atoms with Crippen molar-refractivity contribution in [3.05, 3.63) is 24.3 Å². The molecule has 116 valence electrons. The van der Waals surface area contributed by atoms with Crippen LogP contribution >= 0.6 is 0 Å². The smallest absolute Gasteiger partial charge is 0.121 e. The molecule has 3 rings (SSSR count). The molecule has 0 amide bonds. The Morgan fingerprint density at radius 2 is 2.05 bits per heavy atom. The summed E-state index contributed by atoms with van der Waals surface area (Å²) in [6.07, 6.45) is 2.70. The Labute approximate surface area is 127 Å². The molecule has 1 aliphatic heterocycles. The number of ether oxygens (including phenoxy) is 2. The fourth-order valence-electron chi connectivity index (χ4n) is 3.36. The summed E-state index contributed by atoms with van der Waals surface area (Å²) in [5, 5.41) is 0. The minimum atomic E-state index is 0.458. The second kappa shape index (κ2) is 6.24. The van der Waals surface area contributed by atoms with E-state index in [0.717, 1.165) is 18.8 Å². The molecule has 0 unspecified atom stereocenters. The van der Waals surface area contributed by atoms with Gasteiger partial charge in [-0.25, -0.2) is 0 Å². The van der Waals surface area contributed by atoms with Gasteiger partial charge in [-0.1, -0.05) is 13.0 Å². The van der Waals surface area contributed by atoms with Crippen molar-refractivity contribution in [3.8, 4) is 5.75 Å². The van der Waals surface area contributed by atoms with Gasteiger partial charge in [-0.15, -0.1) is 0 Å². The van der Waals surface area contributed by atoms with Gasteiger partial charge in [-0.3, -0.25) is 4.90 Å². The maximum Gasteiger partial charge on any atom is 0.121 e. The number of rotatable bonds is 6. The Kier molecular flexibility index (Phi) is 4.36. The van der Waals surface area contributed by atoms with E-state index in [1.807, 2.05) is 6.07 Å². The zero-order chi connectivity index (χ0) is 14.7. The summed E-state index contributed by atoms with van der Waals surface area (Å²) in [6.45, 7) is 8.12. The molecule has 0 bridgehead atoms. The molecule has 1 heterocycles. The van der Waals surface area contributed by atoms with Crippen molar-refractivity contribution in [2.75, 3.05) is 51.4 Å². The summed E-state index contributed by atoms with van der Waals surface area (Å²) < 4.78 is 10.8. The molecule has 0 aromatic heterocycles. The molecule has 2 fully saturated rings. The van der Waals surface area contributed by atoms with Gasteiger partial charge < -0.3 is 14.4 Å². The van der Waals surface area contributed by atoms with Gasteiger partial charge in [0.15, 0.2) is 0 Å². The number of likely N-dealkylation sites (N-methyl/N-ethyl adjacent to an activating group) is 1.